The second-order valence-electron chi connectivity index (χ2n) is 6.94. The van der Waals surface area contributed by atoms with Crippen LogP contribution in [0.3, 0.4) is 0 Å². The molecule has 0 saturated carbocycles. The van der Waals surface area contributed by atoms with Crippen molar-refractivity contribution in [2.45, 2.75) is 4.90 Å². The second kappa shape index (κ2) is 8.56. The molecule has 1 N–H and O–H groups in total. The van der Waals surface area contributed by atoms with Crippen molar-refractivity contribution in [1.29, 1.82) is 0 Å². The van der Waals surface area contributed by atoms with Crippen molar-refractivity contribution in [1.82, 2.24) is 9.97 Å². The molecule has 11 heteroatoms. The normalized spacial score (nSPS) is 14.3. The third-order valence-electron chi connectivity index (χ3n) is 4.91. The third-order valence-corrected chi connectivity index (χ3v) is 6.29. The van der Waals surface area contributed by atoms with Crippen LogP contribution in [0.5, 0.6) is 0 Å². The molecule has 0 unspecified atom stereocenters. The van der Waals surface area contributed by atoms with Gasteiger partial charge in [0.15, 0.2) is 0 Å². The highest BCUT2D eigenvalue weighted by Gasteiger charge is 2.21. The maximum absolute atomic E-state index is 12.5. The van der Waals surface area contributed by atoms with E-state index in [2.05, 4.69) is 31.7 Å². The summed E-state index contributed by atoms with van der Waals surface area (Å²) in [6.45, 7) is 3.14. The van der Waals surface area contributed by atoms with Crippen LogP contribution < -0.4 is 14.5 Å². The van der Waals surface area contributed by atoms with Gasteiger partial charge in [0, 0.05) is 44.0 Å². The van der Waals surface area contributed by atoms with E-state index in [1.807, 2.05) is 23.1 Å². The fourth-order valence-electron chi connectivity index (χ4n) is 3.32. The first kappa shape index (κ1) is 20.5. The van der Waals surface area contributed by atoms with Crippen molar-refractivity contribution >= 4 is 33.0 Å². The molecule has 0 atom stereocenters. The van der Waals surface area contributed by atoms with Gasteiger partial charge in [-0.15, -0.1) is 0 Å². The number of benzene rings is 2. The molecule has 1 aliphatic heterocycles. The Kier molecular flexibility index (Phi) is 5.67. The lowest BCUT2D eigenvalue weighted by atomic mass is 10.2. The molecule has 10 nitrogen and oxygen atoms in total. The maximum atomic E-state index is 12.5. The van der Waals surface area contributed by atoms with Gasteiger partial charge in [-0.1, -0.05) is 24.3 Å². The smallest absolute Gasteiger partial charge is 0.270 e. The highest BCUT2D eigenvalue weighted by molar-refractivity contribution is 7.92. The Morgan fingerprint density at radius 2 is 1.55 bits per heavy atom. The van der Waals surface area contributed by atoms with E-state index in [0.717, 1.165) is 32.2 Å². The molecule has 1 fully saturated rings. The first-order valence-electron chi connectivity index (χ1n) is 9.57. The number of nitrogens with one attached hydrogen (secondary N) is 1. The van der Waals surface area contributed by atoms with E-state index in [9.17, 15) is 18.5 Å². The van der Waals surface area contributed by atoms with E-state index < -0.39 is 14.9 Å². The van der Waals surface area contributed by atoms with Gasteiger partial charge in [-0.2, -0.15) is 0 Å². The minimum absolute atomic E-state index is 0.179. The molecule has 1 aliphatic rings. The molecular weight excluding hydrogens is 420 g/mol. The summed E-state index contributed by atoms with van der Waals surface area (Å²) >= 11 is 0. The van der Waals surface area contributed by atoms with Crippen molar-refractivity contribution in [3.05, 3.63) is 77.1 Å². The summed E-state index contributed by atoms with van der Waals surface area (Å²) in [5.41, 5.74) is 1.05. The van der Waals surface area contributed by atoms with Gasteiger partial charge in [0.2, 0.25) is 5.95 Å². The quantitative estimate of drug-likeness (QED) is 0.458. The number of anilines is 3. The summed E-state index contributed by atoms with van der Waals surface area (Å²) < 4.78 is 27.4. The lowest BCUT2D eigenvalue weighted by Crippen LogP contribution is -2.47. The molecule has 0 spiro atoms. The van der Waals surface area contributed by atoms with E-state index >= 15 is 0 Å². The lowest BCUT2D eigenvalue weighted by Gasteiger charge is -2.36. The van der Waals surface area contributed by atoms with Crippen LogP contribution in [-0.4, -0.2) is 49.5 Å². The van der Waals surface area contributed by atoms with Crippen molar-refractivity contribution < 1.29 is 13.3 Å². The SMILES string of the molecule is O=[N+]([O-])c1cccc(S(=O)(=O)Nc2cnc(N3CCN(c4ccccc4)CC3)nc2)c1. The molecule has 31 heavy (non-hydrogen) atoms. The molecule has 3 aromatic rings. The Balaban J connectivity index is 1.41. The van der Waals surface area contributed by atoms with Gasteiger partial charge in [0.05, 0.1) is 27.9 Å². The molecule has 0 radical (unpaired) electrons. The lowest BCUT2D eigenvalue weighted by molar-refractivity contribution is -0.385. The van der Waals surface area contributed by atoms with Crippen LogP contribution in [0, 0.1) is 10.1 Å². The van der Waals surface area contributed by atoms with Crippen LogP contribution in [0.2, 0.25) is 0 Å². The first-order valence-corrected chi connectivity index (χ1v) is 11.0. The molecule has 2 aromatic carbocycles. The fourth-order valence-corrected chi connectivity index (χ4v) is 4.39. The number of nitro groups is 1. The Morgan fingerprint density at radius 3 is 2.19 bits per heavy atom. The molecule has 0 bridgehead atoms. The zero-order valence-electron chi connectivity index (χ0n) is 16.5. The van der Waals surface area contributed by atoms with Gasteiger partial charge >= 0.3 is 0 Å². The second-order valence-corrected chi connectivity index (χ2v) is 8.62. The highest BCUT2D eigenvalue weighted by Crippen LogP contribution is 2.21. The molecule has 1 aromatic heterocycles. The number of non-ortho nitro benzene ring substituents is 1. The van der Waals surface area contributed by atoms with Crippen LogP contribution in [0.1, 0.15) is 0 Å². The molecule has 0 amide bonds. The van der Waals surface area contributed by atoms with Crippen LogP contribution in [0.25, 0.3) is 0 Å². The Hall–Kier alpha value is -3.73. The summed E-state index contributed by atoms with van der Waals surface area (Å²) in [5.74, 6) is 0.519. The van der Waals surface area contributed by atoms with Crippen LogP contribution >= 0.6 is 0 Å². The molecule has 2 heterocycles. The van der Waals surface area contributed by atoms with Gasteiger partial charge in [0.1, 0.15) is 0 Å². The average molecular weight is 440 g/mol. The Bertz CT molecular complexity index is 1160. The number of hydrogen-bond donors (Lipinski definition) is 1. The molecule has 1 saturated heterocycles. The van der Waals surface area contributed by atoms with E-state index in [4.69, 9.17) is 0 Å². The summed E-state index contributed by atoms with van der Waals surface area (Å²) in [4.78, 5) is 22.9. The average Bonchev–Trinajstić information content (AvgIpc) is 2.80. The van der Waals surface area contributed by atoms with E-state index in [1.54, 1.807) is 0 Å². The number of para-hydroxylation sites is 1. The Labute approximate surface area is 179 Å². The first-order chi connectivity index (χ1) is 14.9. The highest BCUT2D eigenvalue weighted by atomic mass is 32.2. The summed E-state index contributed by atoms with van der Waals surface area (Å²) in [5, 5.41) is 10.9. The minimum atomic E-state index is -4.00. The predicted molar refractivity (Wildman–Crippen MR) is 117 cm³/mol. The summed E-state index contributed by atoms with van der Waals surface area (Å²) in [6.07, 6.45) is 2.78. The molecule has 0 aliphatic carbocycles. The number of aromatic nitrogens is 2. The summed E-state index contributed by atoms with van der Waals surface area (Å²) in [7, 11) is -4.00. The minimum Gasteiger partial charge on any atom is -0.368 e. The topological polar surface area (TPSA) is 122 Å². The summed E-state index contributed by atoms with van der Waals surface area (Å²) in [6, 6.07) is 15.0. The van der Waals surface area contributed by atoms with Crippen LogP contribution in [-0.2, 0) is 10.0 Å². The van der Waals surface area contributed by atoms with E-state index in [1.165, 1.54) is 36.3 Å². The fraction of sp³-hybridized carbons (Fsp3) is 0.200. The largest absolute Gasteiger partial charge is 0.368 e. The number of rotatable bonds is 6. The van der Waals surface area contributed by atoms with E-state index in [0.29, 0.717) is 5.95 Å². The monoisotopic (exact) mass is 440 g/mol. The van der Waals surface area contributed by atoms with Gasteiger partial charge < -0.3 is 9.80 Å². The van der Waals surface area contributed by atoms with Gasteiger partial charge in [-0.25, -0.2) is 18.4 Å². The van der Waals surface area contributed by atoms with Gasteiger partial charge in [-0.05, 0) is 18.2 Å². The number of nitro benzene ring substituents is 1. The standard InChI is InChI=1S/C20H20N6O4S/c27-26(28)18-7-4-8-19(13-18)31(29,30)23-16-14-21-20(22-15-16)25-11-9-24(10-12-25)17-5-2-1-3-6-17/h1-8,13-15,23H,9-12H2. The zero-order valence-corrected chi connectivity index (χ0v) is 17.3. The van der Waals surface area contributed by atoms with Gasteiger partial charge in [0.25, 0.3) is 15.7 Å². The number of piperazine rings is 1. The van der Waals surface area contributed by atoms with Crippen molar-refractivity contribution in [2.75, 3.05) is 40.7 Å². The van der Waals surface area contributed by atoms with Gasteiger partial charge in [-0.3, -0.25) is 14.8 Å². The third kappa shape index (κ3) is 4.72. The molecular formula is C20H20N6O4S. The predicted octanol–water partition coefficient (Wildman–Crippen LogP) is 2.51. The number of sulfonamides is 1. The van der Waals surface area contributed by atoms with Crippen molar-refractivity contribution in [2.24, 2.45) is 0 Å². The zero-order chi connectivity index (χ0) is 21.8. The Morgan fingerprint density at radius 1 is 0.903 bits per heavy atom. The van der Waals surface area contributed by atoms with E-state index in [-0.39, 0.29) is 16.3 Å². The maximum Gasteiger partial charge on any atom is 0.270 e. The van der Waals surface area contributed by atoms with Crippen LogP contribution in [0.4, 0.5) is 23.0 Å². The molecule has 160 valence electrons. The number of nitrogens with zero attached hydrogens (tertiary/aromatic N) is 5. The van der Waals surface area contributed by atoms with Crippen molar-refractivity contribution in [3.8, 4) is 0 Å². The molecule has 4 rings (SSSR count). The number of hydrogen-bond acceptors (Lipinski definition) is 8. The van der Waals surface area contributed by atoms with Crippen LogP contribution in [0.15, 0.2) is 71.9 Å². The van der Waals surface area contributed by atoms with Crippen molar-refractivity contribution in [3.63, 3.8) is 0 Å².